The van der Waals surface area contributed by atoms with E-state index in [1.54, 1.807) is 19.2 Å². The molecule has 0 atom stereocenters. The maximum Gasteiger partial charge on any atom is 0.340 e. The number of fused-ring (bicyclic) bond motifs is 1. The molecule has 0 aliphatic rings. The Morgan fingerprint density at radius 2 is 1.95 bits per heavy atom. The molecule has 0 N–H and O–H groups in total. The van der Waals surface area contributed by atoms with Crippen LogP contribution in [0.2, 0.25) is 5.02 Å². The second-order valence-electron chi connectivity index (χ2n) is 4.79. The summed E-state index contributed by atoms with van der Waals surface area (Å²) in [6.45, 7) is 2.10. The zero-order valence-electron chi connectivity index (χ0n) is 12.0. The van der Waals surface area contributed by atoms with E-state index in [9.17, 15) is 4.79 Å². The van der Waals surface area contributed by atoms with Crippen LogP contribution in [0.5, 0.6) is 0 Å². The number of hydrogen-bond donors (Lipinski definition) is 0. The molecule has 0 fully saturated rings. The summed E-state index contributed by atoms with van der Waals surface area (Å²) in [5.41, 5.74) is 2.96. The van der Waals surface area contributed by atoms with E-state index in [1.807, 2.05) is 42.5 Å². The van der Waals surface area contributed by atoms with Crippen molar-refractivity contribution in [3.63, 3.8) is 0 Å². The molecular weight excluding hydrogens is 298 g/mol. The van der Waals surface area contributed by atoms with Gasteiger partial charge in [-0.1, -0.05) is 41.9 Å². The standard InChI is InChI=1S/C18H14ClNO2/c1-2-22-18(21)15-11-20-16-9-8-13(19)10-14(16)17(15)12-6-4-3-5-7-12/h3-11H,2H2,1H3. The van der Waals surface area contributed by atoms with Gasteiger partial charge in [-0.15, -0.1) is 0 Å². The molecule has 1 aromatic heterocycles. The summed E-state index contributed by atoms with van der Waals surface area (Å²) in [5.74, 6) is -0.379. The van der Waals surface area contributed by atoms with E-state index in [4.69, 9.17) is 16.3 Å². The lowest BCUT2D eigenvalue weighted by Crippen LogP contribution is -2.07. The van der Waals surface area contributed by atoms with Gasteiger partial charge in [0.05, 0.1) is 17.7 Å². The van der Waals surface area contributed by atoms with Gasteiger partial charge in [0.25, 0.3) is 0 Å². The first-order valence-corrected chi connectivity index (χ1v) is 7.39. The molecule has 3 aromatic rings. The number of ether oxygens (including phenoxy) is 1. The van der Waals surface area contributed by atoms with E-state index >= 15 is 0 Å². The van der Waals surface area contributed by atoms with Gasteiger partial charge in [-0.3, -0.25) is 4.98 Å². The molecule has 22 heavy (non-hydrogen) atoms. The van der Waals surface area contributed by atoms with Crippen LogP contribution in [-0.4, -0.2) is 17.6 Å². The Bertz CT molecular complexity index is 831. The van der Waals surface area contributed by atoms with Crippen LogP contribution in [0.3, 0.4) is 0 Å². The molecule has 0 saturated heterocycles. The lowest BCUT2D eigenvalue weighted by Gasteiger charge is -2.12. The first-order valence-electron chi connectivity index (χ1n) is 7.01. The van der Waals surface area contributed by atoms with Crippen LogP contribution in [0.15, 0.2) is 54.7 Å². The first-order chi connectivity index (χ1) is 10.7. The summed E-state index contributed by atoms with van der Waals surface area (Å²) >= 11 is 6.13. The van der Waals surface area contributed by atoms with Gasteiger partial charge in [-0.05, 0) is 30.7 Å². The number of hydrogen-bond acceptors (Lipinski definition) is 3. The molecule has 0 spiro atoms. The molecule has 2 aromatic carbocycles. The number of halogens is 1. The Labute approximate surface area is 133 Å². The van der Waals surface area contributed by atoms with Crippen molar-refractivity contribution in [2.45, 2.75) is 6.92 Å². The fourth-order valence-electron chi connectivity index (χ4n) is 2.44. The zero-order chi connectivity index (χ0) is 15.5. The van der Waals surface area contributed by atoms with Crippen molar-refractivity contribution in [2.75, 3.05) is 6.61 Å². The summed E-state index contributed by atoms with van der Waals surface area (Å²) in [6.07, 6.45) is 1.57. The van der Waals surface area contributed by atoms with Gasteiger partial charge >= 0.3 is 5.97 Å². The van der Waals surface area contributed by atoms with Gasteiger partial charge in [0.1, 0.15) is 0 Å². The number of nitrogens with zero attached hydrogens (tertiary/aromatic N) is 1. The largest absolute Gasteiger partial charge is 0.462 e. The highest BCUT2D eigenvalue weighted by Gasteiger charge is 2.18. The normalized spacial score (nSPS) is 10.6. The molecule has 0 saturated carbocycles. The summed E-state index contributed by atoms with van der Waals surface area (Å²) in [5, 5.41) is 1.44. The molecule has 0 bridgehead atoms. The molecule has 3 rings (SSSR count). The second kappa shape index (κ2) is 6.16. The van der Waals surface area contributed by atoms with Crippen LogP contribution in [0.1, 0.15) is 17.3 Å². The molecule has 0 unspecified atom stereocenters. The molecule has 4 heteroatoms. The maximum atomic E-state index is 12.3. The lowest BCUT2D eigenvalue weighted by atomic mass is 9.96. The Hall–Kier alpha value is -2.39. The van der Waals surface area contributed by atoms with Crippen LogP contribution in [0, 0.1) is 0 Å². The van der Waals surface area contributed by atoms with Crippen molar-refractivity contribution in [1.29, 1.82) is 0 Å². The summed E-state index contributed by atoms with van der Waals surface area (Å²) in [6, 6.07) is 15.2. The molecule has 110 valence electrons. The molecule has 1 heterocycles. The molecule has 0 aliphatic heterocycles. The maximum absolute atomic E-state index is 12.3. The smallest absolute Gasteiger partial charge is 0.340 e. The monoisotopic (exact) mass is 311 g/mol. The van der Waals surface area contributed by atoms with Crippen molar-refractivity contribution >= 4 is 28.5 Å². The molecule has 0 radical (unpaired) electrons. The second-order valence-corrected chi connectivity index (χ2v) is 5.23. The summed E-state index contributed by atoms with van der Waals surface area (Å²) in [4.78, 5) is 16.6. The van der Waals surface area contributed by atoms with Crippen LogP contribution in [0.4, 0.5) is 0 Å². The Morgan fingerprint density at radius 3 is 2.68 bits per heavy atom. The zero-order valence-corrected chi connectivity index (χ0v) is 12.8. The van der Waals surface area contributed by atoms with E-state index in [0.29, 0.717) is 17.2 Å². The van der Waals surface area contributed by atoms with Gasteiger partial charge in [0.15, 0.2) is 0 Å². The number of aromatic nitrogens is 1. The minimum Gasteiger partial charge on any atom is -0.462 e. The molecular formula is C18H14ClNO2. The Morgan fingerprint density at radius 1 is 1.18 bits per heavy atom. The van der Waals surface area contributed by atoms with Crippen molar-refractivity contribution < 1.29 is 9.53 Å². The third-order valence-corrected chi connectivity index (χ3v) is 3.62. The van der Waals surface area contributed by atoms with Crippen LogP contribution in [0.25, 0.3) is 22.0 Å². The van der Waals surface area contributed by atoms with E-state index in [1.165, 1.54) is 0 Å². The average molecular weight is 312 g/mol. The summed E-state index contributed by atoms with van der Waals surface area (Å²) < 4.78 is 5.16. The Balaban J connectivity index is 2.34. The van der Waals surface area contributed by atoms with E-state index < -0.39 is 0 Å². The van der Waals surface area contributed by atoms with E-state index in [-0.39, 0.29) is 5.97 Å². The lowest BCUT2D eigenvalue weighted by molar-refractivity contribution is 0.0527. The fourth-order valence-corrected chi connectivity index (χ4v) is 2.62. The van der Waals surface area contributed by atoms with Gasteiger partial charge in [-0.2, -0.15) is 0 Å². The topological polar surface area (TPSA) is 39.2 Å². The van der Waals surface area contributed by atoms with Gasteiger partial charge in [0.2, 0.25) is 0 Å². The number of esters is 1. The molecule has 3 nitrogen and oxygen atoms in total. The highest BCUT2D eigenvalue weighted by atomic mass is 35.5. The SMILES string of the molecule is CCOC(=O)c1cnc2ccc(Cl)cc2c1-c1ccccc1. The number of pyridine rings is 1. The highest BCUT2D eigenvalue weighted by Crippen LogP contribution is 2.33. The Kier molecular flexibility index (Phi) is 4.07. The molecule has 0 aliphatic carbocycles. The van der Waals surface area contributed by atoms with Crippen molar-refractivity contribution in [3.05, 3.63) is 65.3 Å². The first kappa shape index (κ1) is 14.5. The predicted octanol–water partition coefficient (Wildman–Crippen LogP) is 4.73. The van der Waals surface area contributed by atoms with Gasteiger partial charge < -0.3 is 4.74 Å². The average Bonchev–Trinajstić information content (AvgIpc) is 2.54. The van der Waals surface area contributed by atoms with Crippen LogP contribution >= 0.6 is 11.6 Å². The number of rotatable bonds is 3. The minimum absolute atomic E-state index is 0.320. The summed E-state index contributed by atoms with van der Waals surface area (Å²) in [7, 11) is 0. The van der Waals surface area contributed by atoms with Gasteiger partial charge in [-0.25, -0.2) is 4.79 Å². The van der Waals surface area contributed by atoms with E-state index in [2.05, 4.69) is 4.98 Å². The molecule has 0 amide bonds. The van der Waals surface area contributed by atoms with Crippen LogP contribution in [-0.2, 0) is 4.74 Å². The predicted molar refractivity (Wildman–Crippen MR) is 88.1 cm³/mol. The minimum atomic E-state index is -0.379. The van der Waals surface area contributed by atoms with Crippen LogP contribution < -0.4 is 0 Å². The number of carbonyl (C=O) groups excluding carboxylic acids is 1. The third kappa shape index (κ3) is 2.68. The van der Waals surface area contributed by atoms with Crippen molar-refractivity contribution in [1.82, 2.24) is 4.98 Å². The van der Waals surface area contributed by atoms with E-state index in [0.717, 1.165) is 22.0 Å². The quantitative estimate of drug-likeness (QED) is 0.656. The van der Waals surface area contributed by atoms with Crippen molar-refractivity contribution in [3.8, 4) is 11.1 Å². The fraction of sp³-hybridized carbons (Fsp3) is 0.111. The third-order valence-electron chi connectivity index (χ3n) is 3.39. The van der Waals surface area contributed by atoms with Crippen molar-refractivity contribution in [2.24, 2.45) is 0 Å². The number of carbonyl (C=O) groups is 1. The highest BCUT2D eigenvalue weighted by molar-refractivity contribution is 6.31. The van der Waals surface area contributed by atoms with Gasteiger partial charge in [0, 0.05) is 22.2 Å². The number of benzene rings is 2.